The summed E-state index contributed by atoms with van der Waals surface area (Å²) >= 11 is 2.83. The summed E-state index contributed by atoms with van der Waals surface area (Å²) in [5.41, 5.74) is -0.746. The van der Waals surface area contributed by atoms with E-state index < -0.39 is 42.6 Å². The molecule has 106 valence electrons. The van der Waals surface area contributed by atoms with Gasteiger partial charge in [0, 0.05) is 4.47 Å². The zero-order chi connectivity index (χ0) is 14.6. The average molecular weight is 348 g/mol. The highest BCUT2D eigenvalue weighted by Crippen LogP contribution is 2.23. The fraction of sp³-hybridized carbons (Fsp3) is 0.300. The lowest BCUT2D eigenvalue weighted by Crippen LogP contribution is -2.24. The molecule has 0 heterocycles. The number of halogens is 6. The molecule has 1 aromatic rings. The summed E-state index contributed by atoms with van der Waals surface area (Å²) in [5.74, 6) is -3.21. The fourth-order valence-corrected chi connectivity index (χ4v) is 1.50. The van der Waals surface area contributed by atoms with E-state index in [2.05, 4.69) is 20.7 Å². The minimum absolute atomic E-state index is 0.119. The number of carbonyl (C=O) groups excluding carboxylic acids is 1. The van der Waals surface area contributed by atoms with Crippen molar-refractivity contribution in [2.45, 2.75) is 6.18 Å². The van der Waals surface area contributed by atoms with Crippen LogP contribution in [-0.2, 0) is 9.53 Å². The van der Waals surface area contributed by atoms with Gasteiger partial charge in [-0.25, -0.2) is 8.78 Å². The Morgan fingerprint density at radius 3 is 2.26 bits per heavy atom. The molecular weight excluding hydrogens is 341 g/mol. The summed E-state index contributed by atoms with van der Waals surface area (Å²) in [6, 6.07) is 1.80. The van der Waals surface area contributed by atoms with Gasteiger partial charge in [0.1, 0.15) is 18.9 Å². The van der Waals surface area contributed by atoms with Gasteiger partial charge < -0.3 is 10.1 Å². The topological polar surface area (TPSA) is 38.3 Å². The first-order valence-electron chi connectivity index (χ1n) is 4.78. The van der Waals surface area contributed by atoms with Crippen molar-refractivity contribution in [3.8, 4) is 0 Å². The Kier molecular flexibility index (Phi) is 5.24. The van der Waals surface area contributed by atoms with E-state index in [-0.39, 0.29) is 4.47 Å². The Bertz CT molecular complexity index is 454. The number of hydrogen-bond acceptors (Lipinski definition) is 2. The zero-order valence-electron chi connectivity index (χ0n) is 9.15. The molecule has 0 spiro atoms. The molecule has 0 bridgehead atoms. The maximum Gasteiger partial charge on any atom is 0.411 e. The second kappa shape index (κ2) is 6.29. The monoisotopic (exact) mass is 347 g/mol. The normalized spacial score (nSPS) is 11.5. The average Bonchev–Trinajstić information content (AvgIpc) is 2.21. The van der Waals surface area contributed by atoms with Crippen molar-refractivity contribution in [2.24, 2.45) is 0 Å². The van der Waals surface area contributed by atoms with Crippen LogP contribution in [0.5, 0.6) is 0 Å². The highest BCUT2D eigenvalue weighted by atomic mass is 79.9. The number of alkyl halides is 3. The second-order valence-electron chi connectivity index (χ2n) is 3.40. The molecule has 1 rings (SSSR count). The molecule has 0 aliphatic heterocycles. The van der Waals surface area contributed by atoms with Crippen LogP contribution < -0.4 is 5.32 Å². The fourth-order valence-electron chi connectivity index (χ4n) is 1.10. The van der Waals surface area contributed by atoms with Crippen LogP contribution in [0.1, 0.15) is 0 Å². The highest BCUT2D eigenvalue weighted by Gasteiger charge is 2.27. The quantitative estimate of drug-likeness (QED) is 0.849. The van der Waals surface area contributed by atoms with Crippen molar-refractivity contribution in [3.05, 3.63) is 28.2 Å². The number of benzene rings is 1. The predicted molar refractivity (Wildman–Crippen MR) is 59.6 cm³/mol. The van der Waals surface area contributed by atoms with Crippen LogP contribution in [0.4, 0.5) is 27.6 Å². The van der Waals surface area contributed by atoms with E-state index in [1.807, 2.05) is 0 Å². The molecule has 0 unspecified atom stereocenters. The van der Waals surface area contributed by atoms with Crippen LogP contribution >= 0.6 is 15.9 Å². The van der Waals surface area contributed by atoms with Crippen LogP contribution in [0.3, 0.4) is 0 Å². The molecule has 0 saturated heterocycles. The molecule has 0 fully saturated rings. The maximum atomic E-state index is 13.3. The largest absolute Gasteiger partial charge is 0.411 e. The summed E-state index contributed by atoms with van der Waals surface area (Å²) in [6.07, 6.45) is -4.58. The summed E-state index contributed by atoms with van der Waals surface area (Å²) in [5, 5.41) is 1.79. The van der Waals surface area contributed by atoms with E-state index in [9.17, 15) is 26.7 Å². The smallest absolute Gasteiger partial charge is 0.362 e. The minimum Gasteiger partial charge on any atom is -0.362 e. The van der Waals surface area contributed by atoms with Gasteiger partial charge in [-0.1, -0.05) is 15.9 Å². The zero-order valence-corrected chi connectivity index (χ0v) is 10.7. The van der Waals surface area contributed by atoms with Crippen molar-refractivity contribution in [1.29, 1.82) is 0 Å². The Morgan fingerprint density at radius 1 is 1.26 bits per heavy atom. The van der Waals surface area contributed by atoms with Gasteiger partial charge in [0.25, 0.3) is 5.91 Å². The number of hydrogen-bond donors (Lipinski definition) is 1. The third-order valence-electron chi connectivity index (χ3n) is 1.77. The van der Waals surface area contributed by atoms with Crippen molar-refractivity contribution < 1.29 is 31.5 Å². The molecule has 3 nitrogen and oxygen atoms in total. The number of amides is 1. The third kappa shape index (κ3) is 5.52. The van der Waals surface area contributed by atoms with Gasteiger partial charge in [0.05, 0.1) is 0 Å². The molecule has 0 saturated carbocycles. The number of anilines is 1. The van der Waals surface area contributed by atoms with E-state index in [0.717, 1.165) is 12.1 Å². The Hall–Kier alpha value is -1.22. The van der Waals surface area contributed by atoms with E-state index in [1.165, 1.54) is 0 Å². The molecule has 1 amide bonds. The molecule has 9 heteroatoms. The van der Waals surface area contributed by atoms with Gasteiger partial charge in [-0.2, -0.15) is 13.2 Å². The van der Waals surface area contributed by atoms with E-state index in [1.54, 1.807) is 5.32 Å². The van der Waals surface area contributed by atoms with Gasteiger partial charge in [0.2, 0.25) is 0 Å². The minimum atomic E-state index is -4.58. The lowest BCUT2D eigenvalue weighted by molar-refractivity contribution is -0.174. The van der Waals surface area contributed by atoms with Gasteiger partial charge in [-0.15, -0.1) is 0 Å². The SMILES string of the molecule is O=C(COCC(F)(F)F)Nc1c(F)cc(Br)cc1F. The molecule has 19 heavy (non-hydrogen) atoms. The third-order valence-corrected chi connectivity index (χ3v) is 2.23. The molecule has 1 aromatic carbocycles. The molecule has 1 N–H and O–H groups in total. The number of rotatable bonds is 4. The van der Waals surface area contributed by atoms with Gasteiger partial charge in [0.15, 0.2) is 11.6 Å². The first kappa shape index (κ1) is 15.8. The Balaban J connectivity index is 2.58. The molecule has 0 radical (unpaired) electrons. The Labute approximate surface area is 112 Å². The lowest BCUT2D eigenvalue weighted by atomic mass is 10.3. The number of ether oxygens (including phenoxy) is 1. The lowest BCUT2D eigenvalue weighted by Gasteiger charge is -2.09. The second-order valence-corrected chi connectivity index (χ2v) is 4.32. The Morgan fingerprint density at radius 2 is 1.79 bits per heavy atom. The summed E-state index contributed by atoms with van der Waals surface area (Å²) in [7, 11) is 0. The van der Waals surface area contributed by atoms with Crippen LogP contribution in [0.2, 0.25) is 0 Å². The summed E-state index contributed by atoms with van der Waals surface area (Å²) in [6.45, 7) is -2.58. The molecule has 0 aromatic heterocycles. The standard InChI is InChI=1S/C10H7BrF5NO2/c11-5-1-6(12)9(7(13)2-5)17-8(18)3-19-4-10(14,15)16/h1-2H,3-4H2,(H,17,18). The first-order valence-corrected chi connectivity index (χ1v) is 5.57. The summed E-state index contributed by atoms with van der Waals surface area (Å²) < 4.78 is 65.9. The van der Waals surface area contributed by atoms with E-state index in [4.69, 9.17) is 0 Å². The van der Waals surface area contributed by atoms with Crippen molar-refractivity contribution in [1.82, 2.24) is 0 Å². The van der Waals surface area contributed by atoms with Gasteiger partial charge in [-0.05, 0) is 12.1 Å². The van der Waals surface area contributed by atoms with E-state index >= 15 is 0 Å². The van der Waals surface area contributed by atoms with Crippen molar-refractivity contribution in [3.63, 3.8) is 0 Å². The number of nitrogens with one attached hydrogen (secondary N) is 1. The van der Waals surface area contributed by atoms with Crippen molar-refractivity contribution >= 4 is 27.5 Å². The molecule has 0 aliphatic carbocycles. The molecule has 0 aliphatic rings. The van der Waals surface area contributed by atoms with Crippen LogP contribution in [0.25, 0.3) is 0 Å². The van der Waals surface area contributed by atoms with Crippen LogP contribution in [0.15, 0.2) is 16.6 Å². The van der Waals surface area contributed by atoms with Gasteiger partial charge in [-0.3, -0.25) is 4.79 Å². The predicted octanol–water partition coefficient (Wildman–Crippen LogP) is 3.24. The number of carbonyl (C=O) groups is 1. The van der Waals surface area contributed by atoms with Crippen LogP contribution in [-0.4, -0.2) is 25.3 Å². The highest BCUT2D eigenvalue weighted by molar-refractivity contribution is 9.10. The van der Waals surface area contributed by atoms with Crippen LogP contribution in [0, 0.1) is 11.6 Å². The van der Waals surface area contributed by atoms with Gasteiger partial charge >= 0.3 is 6.18 Å². The molecular formula is C10H7BrF5NO2. The molecule has 0 atom stereocenters. The van der Waals surface area contributed by atoms with Crippen molar-refractivity contribution in [2.75, 3.05) is 18.5 Å². The van der Waals surface area contributed by atoms with E-state index in [0.29, 0.717) is 0 Å². The first-order chi connectivity index (χ1) is 8.69. The maximum absolute atomic E-state index is 13.3. The summed E-state index contributed by atoms with van der Waals surface area (Å²) in [4.78, 5) is 11.1.